The van der Waals surface area contributed by atoms with Crippen molar-refractivity contribution in [2.45, 2.75) is 38.6 Å². The van der Waals surface area contributed by atoms with E-state index >= 15 is 0 Å². The lowest BCUT2D eigenvalue weighted by molar-refractivity contribution is -0.143. The quantitative estimate of drug-likeness (QED) is 0.449. The van der Waals surface area contributed by atoms with Gasteiger partial charge in [0.1, 0.15) is 0 Å². The second kappa shape index (κ2) is 10.3. The number of piperazine rings is 1. The van der Waals surface area contributed by atoms with Crippen molar-refractivity contribution < 1.29 is 9.59 Å². The molecule has 2 fully saturated rings. The highest BCUT2D eigenvalue weighted by molar-refractivity contribution is 5.79. The number of nitrogens with zero attached hydrogens (tertiary/aromatic N) is 4. The molecule has 0 radical (unpaired) electrons. The van der Waals surface area contributed by atoms with Gasteiger partial charge in [0.05, 0.1) is 12.6 Å². The van der Waals surface area contributed by atoms with Gasteiger partial charge in [0.2, 0.25) is 12.3 Å². The molecule has 0 N–H and O–H groups in total. The van der Waals surface area contributed by atoms with E-state index in [0.29, 0.717) is 18.4 Å². The van der Waals surface area contributed by atoms with Crippen LogP contribution in [-0.4, -0.2) is 78.5 Å². The average molecular weight is 501 g/mol. The average Bonchev–Trinajstić information content (AvgIpc) is 3.62. The third-order valence-corrected chi connectivity index (χ3v) is 9.20. The second-order valence-corrected chi connectivity index (χ2v) is 11.2. The van der Waals surface area contributed by atoms with Crippen LogP contribution in [0.2, 0.25) is 0 Å². The van der Waals surface area contributed by atoms with Crippen LogP contribution in [0.3, 0.4) is 0 Å². The Morgan fingerprint density at radius 2 is 1.97 bits per heavy atom. The molecule has 4 unspecified atom stereocenters. The van der Waals surface area contributed by atoms with E-state index < -0.39 is 0 Å². The first-order valence-electron chi connectivity index (χ1n) is 13.6. The van der Waals surface area contributed by atoms with Gasteiger partial charge in [0.15, 0.2) is 0 Å². The number of allylic oxidation sites excluding steroid dienone is 6. The number of hydrogen-bond donors (Lipinski definition) is 0. The molecule has 1 saturated heterocycles. The van der Waals surface area contributed by atoms with Crippen LogP contribution >= 0.6 is 0 Å². The molecule has 1 spiro atoms. The van der Waals surface area contributed by atoms with Gasteiger partial charge in [-0.25, -0.2) is 5.01 Å². The number of rotatable bonds is 5. The summed E-state index contributed by atoms with van der Waals surface area (Å²) >= 11 is 0. The van der Waals surface area contributed by atoms with E-state index in [-0.39, 0.29) is 29.8 Å². The van der Waals surface area contributed by atoms with Crippen LogP contribution in [0.5, 0.6) is 0 Å². The molecule has 5 aliphatic rings. The number of carbonyl (C=O) groups is 2. The van der Waals surface area contributed by atoms with Crippen LogP contribution in [0.4, 0.5) is 0 Å². The van der Waals surface area contributed by atoms with Gasteiger partial charge in [-0.15, -0.1) is 0 Å². The molecule has 2 amide bonds. The smallest absolute Gasteiger partial charge is 0.239 e. The Morgan fingerprint density at radius 3 is 2.70 bits per heavy atom. The molecule has 0 aromatic heterocycles. The third kappa shape index (κ3) is 4.79. The molecular weight excluding hydrogens is 460 g/mol. The number of benzene rings is 1. The maximum atomic E-state index is 13.6. The summed E-state index contributed by atoms with van der Waals surface area (Å²) in [5.74, 6) is 1.31. The molecule has 37 heavy (non-hydrogen) atoms. The fourth-order valence-electron chi connectivity index (χ4n) is 6.64. The Morgan fingerprint density at radius 1 is 1.19 bits per heavy atom. The molecule has 1 saturated carbocycles. The van der Waals surface area contributed by atoms with Gasteiger partial charge in [0, 0.05) is 45.3 Å². The van der Waals surface area contributed by atoms with Gasteiger partial charge in [-0.05, 0) is 54.2 Å². The molecule has 6 rings (SSSR count). The van der Waals surface area contributed by atoms with Gasteiger partial charge in [-0.1, -0.05) is 67.6 Å². The predicted molar refractivity (Wildman–Crippen MR) is 147 cm³/mol. The minimum absolute atomic E-state index is 0.0307. The molecule has 3 aliphatic heterocycles. The summed E-state index contributed by atoms with van der Waals surface area (Å²) in [5, 5.41) is 3.11. The molecule has 6 heteroatoms. The Labute approximate surface area is 221 Å². The Balaban J connectivity index is 1.53. The lowest BCUT2D eigenvalue weighted by Crippen LogP contribution is -2.57. The normalized spacial score (nSPS) is 34.9. The van der Waals surface area contributed by atoms with Crippen molar-refractivity contribution in [2.24, 2.45) is 17.3 Å². The van der Waals surface area contributed by atoms with Crippen LogP contribution < -0.4 is 0 Å². The molecule has 2 aliphatic carbocycles. The lowest BCUT2D eigenvalue weighted by Gasteiger charge is -2.48. The fourth-order valence-corrected chi connectivity index (χ4v) is 6.64. The zero-order chi connectivity index (χ0) is 26.2. The van der Waals surface area contributed by atoms with Crippen molar-refractivity contribution in [3.05, 3.63) is 83.6 Å². The Hall–Kier alpha value is -3.12. The molecule has 4 bridgehead atoms. The first-order valence-corrected chi connectivity index (χ1v) is 13.6. The summed E-state index contributed by atoms with van der Waals surface area (Å²) in [7, 11) is 3.46. The van der Waals surface area contributed by atoms with E-state index in [1.54, 1.807) is 19.1 Å². The van der Waals surface area contributed by atoms with Crippen LogP contribution in [0.15, 0.2) is 78.1 Å². The molecule has 1 aromatic rings. The second-order valence-electron chi connectivity index (χ2n) is 11.2. The van der Waals surface area contributed by atoms with Crippen molar-refractivity contribution in [1.82, 2.24) is 19.8 Å². The van der Waals surface area contributed by atoms with Crippen molar-refractivity contribution in [3.8, 4) is 0 Å². The number of likely N-dealkylation sites (N-methyl/N-ethyl adjacent to an activating group) is 1. The highest BCUT2D eigenvalue weighted by Crippen LogP contribution is 2.62. The molecule has 6 nitrogen and oxygen atoms in total. The highest BCUT2D eigenvalue weighted by Gasteiger charge is 2.55. The molecule has 1 aromatic carbocycles. The van der Waals surface area contributed by atoms with Gasteiger partial charge in [-0.3, -0.25) is 14.6 Å². The zero-order valence-corrected chi connectivity index (χ0v) is 22.6. The van der Waals surface area contributed by atoms with E-state index in [0.717, 1.165) is 32.3 Å². The summed E-state index contributed by atoms with van der Waals surface area (Å²) in [5.41, 5.74) is 4.08. The number of carbonyl (C=O) groups excluding carboxylic acids is 2. The van der Waals surface area contributed by atoms with Gasteiger partial charge in [0.25, 0.3) is 0 Å². The number of fused-ring (bicyclic) bond motifs is 5. The fraction of sp³-hybridized carbons (Fsp3) is 0.484. The first kappa shape index (κ1) is 25.5. The van der Waals surface area contributed by atoms with Crippen molar-refractivity contribution in [3.63, 3.8) is 0 Å². The van der Waals surface area contributed by atoms with Crippen LogP contribution in [0, 0.1) is 17.3 Å². The van der Waals surface area contributed by atoms with Gasteiger partial charge >= 0.3 is 0 Å². The zero-order valence-electron chi connectivity index (χ0n) is 22.6. The summed E-state index contributed by atoms with van der Waals surface area (Å²) in [4.78, 5) is 29.4. The molecule has 196 valence electrons. The lowest BCUT2D eigenvalue weighted by atomic mass is 9.79. The maximum Gasteiger partial charge on any atom is 0.239 e. The summed E-state index contributed by atoms with van der Waals surface area (Å²) in [6, 6.07) is 10.9. The largest absolute Gasteiger partial charge is 0.370 e. The van der Waals surface area contributed by atoms with E-state index in [1.807, 2.05) is 0 Å². The van der Waals surface area contributed by atoms with Crippen molar-refractivity contribution in [2.75, 3.05) is 40.3 Å². The maximum absolute atomic E-state index is 13.6. The summed E-state index contributed by atoms with van der Waals surface area (Å²) in [6.45, 7) is 7.07. The monoisotopic (exact) mass is 500 g/mol. The minimum atomic E-state index is 0.0307. The number of hydrogen-bond acceptors (Lipinski definition) is 4. The summed E-state index contributed by atoms with van der Waals surface area (Å²) < 4.78 is 0. The van der Waals surface area contributed by atoms with Crippen LogP contribution in [0.25, 0.3) is 0 Å². The molecule has 3 heterocycles. The minimum Gasteiger partial charge on any atom is -0.370 e. The highest BCUT2D eigenvalue weighted by atomic mass is 16.2. The summed E-state index contributed by atoms with van der Waals surface area (Å²) in [6.07, 6.45) is 16.9. The van der Waals surface area contributed by atoms with E-state index in [4.69, 9.17) is 0 Å². The number of amides is 2. The Bertz CT molecular complexity index is 1140. The van der Waals surface area contributed by atoms with E-state index in [2.05, 4.69) is 90.4 Å². The SMILES string of the molecule is C/C=C1\C=C/C2CC23/C=C/C=C2\[C@H](CC3C)N(C(=O)CN(C)N(C)C=O)CCN2CC1c1ccccc1. The van der Waals surface area contributed by atoms with E-state index in [1.165, 1.54) is 21.8 Å². The third-order valence-electron chi connectivity index (χ3n) is 9.20. The van der Waals surface area contributed by atoms with Crippen LogP contribution in [0.1, 0.15) is 38.2 Å². The van der Waals surface area contributed by atoms with Crippen molar-refractivity contribution >= 4 is 12.3 Å². The van der Waals surface area contributed by atoms with Gasteiger partial charge < -0.3 is 9.80 Å². The standard InChI is InChI=1S/C31H40N4O2/c1-5-24-13-14-26-19-31(26)15-9-12-28-29(18-23(31)2)35(30(37)21-32(3)33(4)22-36)17-16-34(28)20-27(24)25-10-7-6-8-11-25/h5-15,22-23,26-27,29H,16-21H2,1-4H3/b14-13-,15-9+,24-5+,28-12+/t23?,26?,27?,29-,31?/m0/s1. The number of hydrazine groups is 1. The topological polar surface area (TPSA) is 47.1 Å². The van der Waals surface area contributed by atoms with E-state index in [9.17, 15) is 9.59 Å². The van der Waals surface area contributed by atoms with Crippen molar-refractivity contribution in [1.29, 1.82) is 0 Å². The Kier molecular flexibility index (Phi) is 7.13. The molecule has 5 atom stereocenters. The van der Waals surface area contributed by atoms with Gasteiger partial charge in [-0.2, -0.15) is 0 Å². The predicted octanol–water partition coefficient (Wildman–Crippen LogP) is 4.22. The molecular formula is C31H40N4O2. The first-order chi connectivity index (χ1) is 17.9. The van der Waals surface area contributed by atoms with Crippen LogP contribution in [-0.2, 0) is 9.59 Å².